The fourth-order valence-electron chi connectivity index (χ4n) is 8.98. The average Bonchev–Trinajstić information content (AvgIpc) is 3.80. The van der Waals surface area contributed by atoms with E-state index in [1.807, 2.05) is 11.3 Å². The van der Waals surface area contributed by atoms with Crippen LogP contribution >= 0.6 is 11.3 Å². The van der Waals surface area contributed by atoms with E-state index in [-0.39, 0.29) is 0 Å². The molecular formula is C53H38N2S. The molecule has 0 aliphatic heterocycles. The Balaban J connectivity index is 1.06. The molecule has 2 atom stereocenters. The van der Waals surface area contributed by atoms with E-state index >= 15 is 0 Å². The summed E-state index contributed by atoms with van der Waals surface area (Å²) < 4.78 is 5.13. The lowest BCUT2D eigenvalue weighted by molar-refractivity contribution is 0.581. The standard InChI is InChI=1S/C53H38N2S/c1-35-44-17-6-5-14-38(44)25-30-49(35)55-50-20-9-7-18-45(50)46-29-24-40(33-51(46)55)39-15-11-16-42(32-39)54(41-26-22-37(23-27-41)36-12-3-2-4-13-36)43-28-31-53-48(34-43)47-19-8-10-21-52(47)56-53/h2-35,44H,1H3. The Kier molecular flexibility index (Phi) is 7.75. The third kappa shape index (κ3) is 5.38. The van der Waals surface area contributed by atoms with Crippen LogP contribution in [-0.4, -0.2) is 4.57 Å². The Morgan fingerprint density at radius 3 is 2.05 bits per heavy atom. The predicted molar refractivity (Wildman–Crippen MR) is 241 cm³/mol. The second-order valence-corrected chi connectivity index (χ2v) is 16.1. The van der Waals surface area contributed by atoms with Crippen molar-refractivity contribution in [1.29, 1.82) is 0 Å². The first-order chi connectivity index (χ1) is 27.7. The van der Waals surface area contributed by atoms with Crippen LogP contribution in [0.1, 0.15) is 6.92 Å². The van der Waals surface area contributed by atoms with Crippen LogP contribution in [0.25, 0.3) is 69.9 Å². The van der Waals surface area contributed by atoms with Crippen LogP contribution in [0.4, 0.5) is 17.1 Å². The van der Waals surface area contributed by atoms with Gasteiger partial charge >= 0.3 is 0 Å². The summed E-state index contributed by atoms with van der Waals surface area (Å²) in [6.45, 7) is 2.37. The Labute approximate surface area is 330 Å². The van der Waals surface area contributed by atoms with Crippen molar-refractivity contribution in [3.8, 4) is 22.3 Å². The molecule has 2 aliphatic rings. The fraction of sp³-hybridized carbons (Fsp3) is 0.0566. The monoisotopic (exact) mass is 734 g/mol. The molecule has 56 heavy (non-hydrogen) atoms. The summed E-state index contributed by atoms with van der Waals surface area (Å²) in [7, 11) is 0. The minimum absolute atomic E-state index is 0.335. The quantitative estimate of drug-likeness (QED) is 0.165. The molecule has 0 fully saturated rings. The van der Waals surface area contributed by atoms with Gasteiger partial charge in [0.15, 0.2) is 0 Å². The van der Waals surface area contributed by atoms with Crippen molar-refractivity contribution >= 4 is 76.1 Å². The molecule has 0 spiro atoms. The number of para-hydroxylation sites is 1. The Morgan fingerprint density at radius 1 is 0.482 bits per heavy atom. The van der Waals surface area contributed by atoms with Gasteiger partial charge in [-0.1, -0.05) is 140 Å². The van der Waals surface area contributed by atoms with Crippen LogP contribution in [0.2, 0.25) is 0 Å². The number of rotatable bonds is 6. The van der Waals surface area contributed by atoms with Crippen molar-refractivity contribution < 1.29 is 0 Å². The molecule has 3 heteroatoms. The van der Waals surface area contributed by atoms with Gasteiger partial charge in [0.1, 0.15) is 0 Å². The molecule has 0 amide bonds. The number of allylic oxidation sites excluding steroid dienone is 8. The van der Waals surface area contributed by atoms with E-state index in [4.69, 9.17) is 0 Å². The molecule has 0 radical (unpaired) electrons. The zero-order valence-electron chi connectivity index (χ0n) is 31.0. The lowest BCUT2D eigenvalue weighted by Crippen LogP contribution is -2.20. The van der Waals surface area contributed by atoms with Crippen LogP contribution in [0.3, 0.4) is 0 Å². The van der Waals surface area contributed by atoms with Gasteiger partial charge in [0.05, 0.1) is 11.0 Å². The summed E-state index contributed by atoms with van der Waals surface area (Å²) in [4.78, 5) is 2.41. The van der Waals surface area contributed by atoms with Crippen LogP contribution in [-0.2, 0) is 0 Å². The third-order valence-electron chi connectivity index (χ3n) is 11.8. The maximum absolute atomic E-state index is 2.52. The molecule has 266 valence electrons. The molecule has 2 aromatic heterocycles. The van der Waals surface area contributed by atoms with Crippen LogP contribution in [0.5, 0.6) is 0 Å². The van der Waals surface area contributed by atoms with E-state index in [2.05, 4.69) is 217 Å². The van der Waals surface area contributed by atoms with Crippen LogP contribution in [0.15, 0.2) is 206 Å². The van der Waals surface area contributed by atoms with Crippen molar-refractivity contribution in [1.82, 2.24) is 4.57 Å². The highest BCUT2D eigenvalue weighted by molar-refractivity contribution is 7.25. The second-order valence-electron chi connectivity index (χ2n) is 15.0. The van der Waals surface area contributed by atoms with Gasteiger partial charge in [0.25, 0.3) is 0 Å². The van der Waals surface area contributed by atoms with Crippen LogP contribution < -0.4 is 4.90 Å². The maximum Gasteiger partial charge on any atom is 0.0544 e. The molecule has 2 heterocycles. The topological polar surface area (TPSA) is 8.17 Å². The number of benzene rings is 7. The minimum atomic E-state index is 0.335. The molecule has 0 saturated carbocycles. The van der Waals surface area contributed by atoms with Gasteiger partial charge in [-0.25, -0.2) is 0 Å². The van der Waals surface area contributed by atoms with Gasteiger partial charge in [-0.2, -0.15) is 0 Å². The lowest BCUT2D eigenvalue weighted by Gasteiger charge is -2.31. The smallest absolute Gasteiger partial charge is 0.0544 e. The van der Waals surface area contributed by atoms with E-state index in [0.29, 0.717) is 11.8 Å². The third-order valence-corrected chi connectivity index (χ3v) is 12.9. The molecule has 2 nitrogen and oxygen atoms in total. The van der Waals surface area contributed by atoms with Gasteiger partial charge in [-0.15, -0.1) is 11.3 Å². The van der Waals surface area contributed by atoms with Gasteiger partial charge in [0.2, 0.25) is 0 Å². The number of fused-ring (bicyclic) bond motifs is 7. The van der Waals surface area contributed by atoms with Crippen molar-refractivity contribution in [2.24, 2.45) is 11.8 Å². The Hall–Kier alpha value is -6.68. The van der Waals surface area contributed by atoms with Gasteiger partial charge in [-0.05, 0) is 94.6 Å². The molecule has 2 aliphatic carbocycles. The Bertz CT molecular complexity index is 3100. The first kappa shape index (κ1) is 32.7. The number of thiophene rings is 1. The van der Waals surface area contributed by atoms with Crippen molar-refractivity contribution in [2.45, 2.75) is 6.92 Å². The van der Waals surface area contributed by atoms with E-state index in [0.717, 1.165) is 17.1 Å². The van der Waals surface area contributed by atoms with Crippen LogP contribution in [0, 0.1) is 11.8 Å². The molecule has 11 rings (SSSR count). The first-order valence-corrected chi connectivity index (χ1v) is 20.3. The molecule has 2 unspecified atom stereocenters. The lowest BCUT2D eigenvalue weighted by atomic mass is 9.79. The fourth-order valence-corrected chi connectivity index (χ4v) is 10.1. The number of anilines is 3. The highest BCUT2D eigenvalue weighted by Gasteiger charge is 2.28. The zero-order chi connectivity index (χ0) is 37.2. The number of hydrogen-bond donors (Lipinski definition) is 0. The highest BCUT2D eigenvalue weighted by atomic mass is 32.1. The van der Waals surface area contributed by atoms with Gasteiger partial charge in [0, 0.05) is 65.5 Å². The molecule has 0 saturated heterocycles. The van der Waals surface area contributed by atoms with E-state index in [1.165, 1.54) is 75.5 Å². The van der Waals surface area contributed by atoms with Crippen molar-refractivity contribution in [2.75, 3.05) is 4.90 Å². The summed E-state index contributed by atoms with van der Waals surface area (Å²) in [5.74, 6) is 0.705. The average molecular weight is 735 g/mol. The first-order valence-electron chi connectivity index (χ1n) is 19.5. The Morgan fingerprint density at radius 2 is 1.16 bits per heavy atom. The predicted octanol–water partition coefficient (Wildman–Crippen LogP) is 15.1. The minimum Gasteiger partial charge on any atom is -0.313 e. The largest absolute Gasteiger partial charge is 0.313 e. The number of hydrogen-bond acceptors (Lipinski definition) is 2. The summed E-state index contributed by atoms with van der Waals surface area (Å²) in [5.41, 5.74) is 13.4. The molecule has 0 bridgehead atoms. The maximum atomic E-state index is 2.52. The summed E-state index contributed by atoms with van der Waals surface area (Å²) >= 11 is 1.86. The summed E-state index contributed by atoms with van der Waals surface area (Å²) in [5, 5.41) is 5.15. The summed E-state index contributed by atoms with van der Waals surface area (Å²) in [6.07, 6.45) is 13.6. The number of aromatic nitrogens is 1. The van der Waals surface area contributed by atoms with Gasteiger partial charge < -0.3 is 9.47 Å². The van der Waals surface area contributed by atoms with Crippen molar-refractivity contribution in [3.63, 3.8) is 0 Å². The SMILES string of the molecule is CC1C(n2c3ccccc3c3ccc(-c4cccc(N(c5ccc(-c6ccccc6)cc5)c5ccc6sc7ccccc7c6c5)c4)cc32)=CC=C2C=CC=CC21. The zero-order valence-corrected chi connectivity index (χ0v) is 31.8. The number of nitrogens with zero attached hydrogens (tertiary/aromatic N) is 2. The molecule has 9 aromatic rings. The highest BCUT2D eigenvalue weighted by Crippen LogP contribution is 2.44. The summed E-state index contributed by atoms with van der Waals surface area (Å²) in [6, 6.07) is 60.2. The molecule has 0 N–H and O–H groups in total. The molecule has 7 aromatic carbocycles. The second kappa shape index (κ2) is 13.3. The van der Waals surface area contributed by atoms with Gasteiger partial charge in [-0.3, -0.25) is 0 Å². The molecular weight excluding hydrogens is 697 g/mol. The van der Waals surface area contributed by atoms with E-state index in [9.17, 15) is 0 Å². The van der Waals surface area contributed by atoms with E-state index in [1.54, 1.807) is 0 Å². The van der Waals surface area contributed by atoms with Crippen molar-refractivity contribution in [3.05, 3.63) is 206 Å². The van der Waals surface area contributed by atoms with E-state index < -0.39 is 0 Å². The normalized spacial score (nSPS) is 16.4.